The summed E-state index contributed by atoms with van der Waals surface area (Å²) in [4.78, 5) is 35.8. The fraction of sp³-hybridized carbons (Fsp3) is 0.160. The Labute approximate surface area is 181 Å². The van der Waals surface area contributed by atoms with Gasteiger partial charge in [0.15, 0.2) is 0 Å². The van der Waals surface area contributed by atoms with Crippen LogP contribution in [-0.4, -0.2) is 17.8 Å². The van der Waals surface area contributed by atoms with Crippen molar-refractivity contribution < 1.29 is 19.1 Å². The third-order valence-electron chi connectivity index (χ3n) is 4.52. The number of rotatable bonds is 7. The van der Waals surface area contributed by atoms with E-state index in [1.165, 1.54) is 13.0 Å². The number of aryl methyl sites for hydroxylation is 1. The van der Waals surface area contributed by atoms with Crippen LogP contribution in [0.25, 0.3) is 0 Å². The van der Waals surface area contributed by atoms with Crippen LogP contribution in [0.1, 0.15) is 34.0 Å². The second kappa shape index (κ2) is 10.2. The molecule has 3 aromatic rings. The van der Waals surface area contributed by atoms with Crippen LogP contribution in [-0.2, 0) is 22.6 Å². The van der Waals surface area contributed by atoms with Crippen LogP contribution in [0.2, 0.25) is 0 Å². The van der Waals surface area contributed by atoms with E-state index in [9.17, 15) is 14.4 Å². The van der Waals surface area contributed by atoms with E-state index in [1.807, 2.05) is 43.3 Å². The normalized spacial score (nSPS) is 10.3. The van der Waals surface area contributed by atoms with Gasteiger partial charge in [0, 0.05) is 24.7 Å². The van der Waals surface area contributed by atoms with Gasteiger partial charge in [0.25, 0.3) is 5.91 Å². The van der Waals surface area contributed by atoms with E-state index < -0.39 is 5.97 Å². The highest BCUT2D eigenvalue weighted by molar-refractivity contribution is 6.04. The highest BCUT2D eigenvalue weighted by Gasteiger charge is 2.09. The molecule has 0 fully saturated rings. The van der Waals surface area contributed by atoms with Crippen LogP contribution in [0, 0.1) is 6.92 Å². The number of nitrogens with one attached hydrogen (secondary N) is 2. The Balaban J connectivity index is 1.57. The van der Waals surface area contributed by atoms with Gasteiger partial charge in [-0.3, -0.25) is 14.4 Å². The fourth-order valence-corrected chi connectivity index (χ4v) is 2.98. The molecule has 0 unspecified atom stereocenters. The lowest BCUT2D eigenvalue weighted by atomic mass is 10.1. The minimum absolute atomic E-state index is 0.0689. The zero-order chi connectivity index (χ0) is 22.2. The summed E-state index contributed by atoms with van der Waals surface area (Å²) in [5.74, 6) is -0.532. The molecule has 0 aliphatic heterocycles. The summed E-state index contributed by atoms with van der Waals surface area (Å²) in [5, 5.41) is 5.72. The Bertz CT molecular complexity index is 1090. The first-order valence-corrected chi connectivity index (χ1v) is 9.90. The molecule has 6 nitrogen and oxygen atoms in total. The largest absolute Gasteiger partial charge is 0.427 e. The predicted octanol–water partition coefficient (Wildman–Crippen LogP) is 4.03. The molecule has 3 aromatic carbocycles. The second-order valence-electron chi connectivity index (χ2n) is 7.22. The van der Waals surface area contributed by atoms with Crippen molar-refractivity contribution in [2.75, 3.05) is 5.32 Å². The number of ether oxygens (including phenoxy) is 1. The van der Waals surface area contributed by atoms with Crippen LogP contribution < -0.4 is 15.4 Å². The van der Waals surface area contributed by atoms with Crippen molar-refractivity contribution in [3.63, 3.8) is 0 Å². The molecule has 0 aromatic heterocycles. The van der Waals surface area contributed by atoms with Crippen LogP contribution in [0.15, 0.2) is 72.8 Å². The Morgan fingerprint density at radius 1 is 0.871 bits per heavy atom. The van der Waals surface area contributed by atoms with Gasteiger partial charge in [0.1, 0.15) is 5.75 Å². The van der Waals surface area contributed by atoms with Gasteiger partial charge in [-0.2, -0.15) is 0 Å². The van der Waals surface area contributed by atoms with Crippen molar-refractivity contribution >= 4 is 23.5 Å². The number of benzene rings is 3. The molecule has 0 aliphatic carbocycles. The second-order valence-corrected chi connectivity index (χ2v) is 7.22. The van der Waals surface area contributed by atoms with Crippen LogP contribution in [0.3, 0.4) is 0 Å². The van der Waals surface area contributed by atoms with Gasteiger partial charge in [-0.15, -0.1) is 0 Å². The summed E-state index contributed by atoms with van der Waals surface area (Å²) in [6.45, 7) is 3.67. The Morgan fingerprint density at radius 2 is 1.61 bits per heavy atom. The monoisotopic (exact) mass is 416 g/mol. The lowest BCUT2D eigenvalue weighted by Gasteiger charge is -2.10. The SMILES string of the molecule is CC(=O)Oc1cccc(C(=O)Nc2cccc(CNC(=O)Cc3ccc(C)cc3)c2)c1. The van der Waals surface area contributed by atoms with Crippen LogP contribution in [0.4, 0.5) is 5.69 Å². The zero-order valence-corrected chi connectivity index (χ0v) is 17.5. The average Bonchev–Trinajstić information content (AvgIpc) is 2.74. The lowest BCUT2D eigenvalue weighted by molar-refractivity contribution is -0.131. The highest BCUT2D eigenvalue weighted by Crippen LogP contribution is 2.16. The maximum Gasteiger partial charge on any atom is 0.308 e. The van der Waals surface area contributed by atoms with Gasteiger partial charge < -0.3 is 15.4 Å². The van der Waals surface area contributed by atoms with Crippen molar-refractivity contribution in [1.29, 1.82) is 0 Å². The van der Waals surface area contributed by atoms with Crippen molar-refractivity contribution in [2.45, 2.75) is 26.8 Å². The maximum atomic E-state index is 12.5. The predicted molar refractivity (Wildman–Crippen MR) is 119 cm³/mol. The van der Waals surface area contributed by atoms with E-state index in [0.717, 1.165) is 16.7 Å². The van der Waals surface area contributed by atoms with Gasteiger partial charge in [-0.1, -0.05) is 48.0 Å². The topological polar surface area (TPSA) is 84.5 Å². The molecule has 2 N–H and O–H groups in total. The number of amides is 2. The molecule has 6 heteroatoms. The molecule has 3 rings (SSSR count). The minimum atomic E-state index is -0.449. The fourth-order valence-electron chi connectivity index (χ4n) is 2.98. The first kappa shape index (κ1) is 21.8. The molecule has 0 saturated carbocycles. The molecule has 0 bridgehead atoms. The lowest BCUT2D eigenvalue weighted by Crippen LogP contribution is -2.24. The van der Waals surface area contributed by atoms with E-state index in [0.29, 0.717) is 30.0 Å². The van der Waals surface area contributed by atoms with Crippen LogP contribution in [0.5, 0.6) is 5.75 Å². The quantitative estimate of drug-likeness (QED) is 0.450. The average molecular weight is 416 g/mol. The Morgan fingerprint density at radius 3 is 2.35 bits per heavy atom. The summed E-state index contributed by atoms with van der Waals surface area (Å²) in [6, 6.07) is 21.5. The molecule has 158 valence electrons. The summed E-state index contributed by atoms with van der Waals surface area (Å²) in [7, 11) is 0. The third kappa shape index (κ3) is 6.82. The van der Waals surface area contributed by atoms with Crippen molar-refractivity contribution in [3.05, 3.63) is 95.1 Å². The molecule has 31 heavy (non-hydrogen) atoms. The third-order valence-corrected chi connectivity index (χ3v) is 4.52. The van der Waals surface area contributed by atoms with Crippen molar-refractivity contribution in [2.24, 2.45) is 0 Å². The van der Waals surface area contributed by atoms with E-state index in [1.54, 1.807) is 30.3 Å². The molecule has 0 radical (unpaired) electrons. The summed E-state index contributed by atoms with van der Waals surface area (Å²) >= 11 is 0. The number of esters is 1. The number of hydrogen-bond donors (Lipinski definition) is 2. The standard InChI is InChI=1S/C25H24N2O4/c1-17-9-11-19(12-10-17)14-24(29)26-16-20-5-3-7-22(13-20)27-25(30)21-6-4-8-23(15-21)31-18(2)28/h3-13,15H,14,16H2,1-2H3,(H,26,29)(H,27,30). The maximum absolute atomic E-state index is 12.5. The number of hydrogen-bond acceptors (Lipinski definition) is 4. The minimum Gasteiger partial charge on any atom is -0.427 e. The van der Waals surface area contributed by atoms with E-state index in [2.05, 4.69) is 10.6 Å². The Hall–Kier alpha value is -3.93. The van der Waals surface area contributed by atoms with Gasteiger partial charge in [-0.05, 0) is 48.4 Å². The molecular formula is C25H24N2O4. The number of carbonyl (C=O) groups is 3. The molecule has 0 atom stereocenters. The van der Waals surface area contributed by atoms with Gasteiger partial charge in [-0.25, -0.2) is 0 Å². The highest BCUT2D eigenvalue weighted by atomic mass is 16.5. The Kier molecular flexibility index (Phi) is 7.17. The van der Waals surface area contributed by atoms with Gasteiger partial charge in [0.05, 0.1) is 6.42 Å². The summed E-state index contributed by atoms with van der Waals surface area (Å²) < 4.78 is 5.02. The summed E-state index contributed by atoms with van der Waals surface area (Å²) in [6.07, 6.45) is 0.315. The van der Waals surface area contributed by atoms with Gasteiger partial charge in [0.2, 0.25) is 5.91 Å². The molecule has 0 saturated heterocycles. The first-order valence-electron chi connectivity index (χ1n) is 9.90. The molecule has 0 aliphatic rings. The zero-order valence-electron chi connectivity index (χ0n) is 17.5. The molecule has 0 spiro atoms. The van der Waals surface area contributed by atoms with E-state index in [-0.39, 0.29) is 11.8 Å². The number of anilines is 1. The van der Waals surface area contributed by atoms with E-state index >= 15 is 0 Å². The van der Waals surface area contributed by atoms with Gasteiger partial charge >= 0.3 is 5.97 Å². The van der Waals surface area contributed by atoms with Crippen molar-refractivity contribution in [3.8, 4) is 5.75 Å². The van der Waals surface area contributed by atoms with E-state index in [4.69, 9.17) is 4.74 Å². The van der Waals surface area contributed by atoms with Crippen LogP contribution >= 0.6 is 0 Å². The van der Waals surface area contributed by atoms with Crippen molar-refractivity contribution in [1.82, 2.24) is 5.32 Å². The molecule has 0 heterocycles. The molecule has 2 amide bonds. The smallest absolute Gasteiger partial charge is 0.308 e. The summed E-state index contributed by atoms with van der Waals surface area (Å²) in [5.41, 5.74) is 3.95. The molecular weight excluding hydrogens is 392 g/mol. The number of carbonyl (C=O) groups excluding carboxylic acids is 3. The first-order chi connectivity index (χ1) is 14.9.